The number of hydrogen-bond acceptors (Lipinski definition) is 0. The predicted octanol–water partition coefficient (Wildman–Crippen LogP) is 2.53. The molecular formula is C9H12. The minimum absolute atomic E-state index is 0.435. The van der Waals surface area contributed by atoms with E-state index in [0.717, 1.165) is 5.92 Å². The molecule has 0 heterocycles. The van der Waals surface area contributed by atoms with Crippen LogP contribution in [0.5, 0.6) is 0 Å². The van der Waals surface area contributed by atoms with Crippen molar-refractivity contribution in [3.63, 3.8) is 0 Å². The lowest BCUT2D eigenvalue weighted by Crippen LogP contribution is -2.05. The van der Waals surface area contributed by atoms with Crippen LogP contribution in [0.15, 0.2) is 24.8 Å². The van der Waals surface area contributed by atoms with Crippen molar-refractivity contribution in [1.82, 2.24) is 0 Å². The molecule has 0 spiro atoms. The fourth-order valence-electron chi connectivity index (χ4n) is 2.04. The number of rotatable bonds is 1. The van der Waals surface area contributed by atoms with Crippen LogP contribution in [0.3, 0.4) is 0 Å². The first kappa shape index (κ1) is 5.28. The highest BCUT2D eigenvalue weighted by Crippen LogP contribution is 2.49. The molecule has 0 amide bonds. The van der Waals surface area contributed by atoms with Crippen LogP contribution in [0.25, 0.3) is 0 Å². The van der Waals surface area contributed by atoms with E-state index >= 15 is 0 Å². The summed E-state index contributed by atoms with van der Waals surface area (Å²) in [5.41, 5.74) is 0.435. The molecule has 2 bridgehead atoms. The first-order valence-electron chi connectivity index (χ1n) is 3.68. The van der Waals surface area contributed by atoms with E-state index in [-0.39, 0.29) is 0 Å². The fourth-order valence-corrected chi connectivity index (χ4v) is 2.04. The van der Waals surface area contributed by atoms with Gasteiger partial charge in [0.2, 0.25) is 0 Å². The van der Waals surface area contributed by atoms with E-state index in [1.54, 1.807) is 0 Å². The number of fused-ring (bicyclic) bond motifs is 2. The summed E-state index contributed by atoms with van der Waals surface area (Å²) < 4.78 is 0. The van der Waals surface area contributed by atoms with Crippen LogP contribution < -0.4 is 0 Å². The molecule has 0 radical (unpaired) electrons. The van der Waals surface area contributed by atoms with Gasteiger partial charge in [-0.15, -0.1) is 6.58 Å². The Balaban J connectivity index is 2.33. The van der Waals surface area contributed by atoms with Gasteiger partial charge in [-0.3, -0.25) is 0 Å². The molecule has 9 heavy (non-hydrogen) atoms. The molecule has 2 aliphatic rings. The lowest BCUT2D eigenvalue weighted by molar-refractivity contribution is 0.525. The Hall–Kier alpha value is -0.520. The van der Waals surface area contributed by atoms with Crippen molar-refractivity contribution in [3.8, 4) is 0 Å². The predicted molar refractivity (Wildman–Crippen MR) is 39.1 cm³/mol. The van der Waals surface area contributed by atoms with Gasteiger partial charge in [0.1, 0.15) is 0 Å². The molecule has 2 unspecified atom stereocenters. The lowest BCUT2D eigenvalue weighted by atomic mass is 9.88. The van der Waals surface area contributed by atoms with Crippen molar-refractivity contribution in [3.05, 3.63) is 24.8 Å². The maximum absolute atomic E-state index is 3.86. The molecule has 0 aromatic rings. The Morgan fingerprint density at radius 1 is 1.67 bits per heavy atom. The molecule has 0 saturated heterocycles. The number of allylic oxidation sites excluding steroid dienone is 3. The molecule has 1 saturated carbocycles. The van der Waals surface area contributed by atoms with Gasteiger partial charge in [-0.25, -0.2) is 0 Å². The van der Waals surface area contributed by atoms with Crippen LogP contribution in [0.2, 0.25) is 0 Å². The minimum Gasteiger partial charge on any atom is -0.102 e. The van der Waals surface area contributed by atoms with Gasteiger partial charge in [-0.2, -0.15) is 0 Å². The first-order chi connectivity index (χ1) is 4.35. The normalized spacial score (nSPS) is 46.0. The van der Waals surface area contributed by atoms with Gasteiger partial charge in [0.05, 0.1) is 0 Å². The van der Waals surface area contributed by atoms with Crippen molar-refractivity contribution in [1.29, 1.82) is 0 Å². The van der Waals surface area contributed by atoms with Crippen molar-refractivity contribution in [2.24, 2.45) is 11.3 Å². The van der Waals surface area contributed by atoms with Gasteiger partial charge in [-0.05, 0) is 25.2 Å². The second-order valence-corrected chi connectivity index (χ2v) is 3.30. The van der Waals surface area contributed by atoms with E-state index < -0.39 is 0 Å². The largest absolute Gasteiger partial charge is 0.102 e. The zero-order valence-electron chi connectivity index (χ0n) is 5.64. The molecule has 2 rings (SSSR count). The molecule has 0 aromatic carbocycles. The number of hydrogen-bond donors (Lipinski definition) is 0. The van der Waals surface area contributed by atoms with Gasteiger partial charge in [-0.1, -0.05) is 18.2 Å². The molecule has 2 aliphatic carbocycles. The Labute approximate surface area is 56.3 Å². The van der Waals surface area contributed by atoms with E-state index in [9.17, 15) is 0 Å². The third kappa shape index (κ3) is 0.592. The average molecular weight is 120 g/mol. The Morgan fingerprint density at radius 2 is 2.56 bits per heavy atom. The average Bonchev–Trinajstić information content (AvgIpc) is 2.46. The Bertz CT molecular complexity index is 167. The highest BCUT2D eigenvalue weighted by molar-refractivity contribution is 5.21. The molecule has 0 N–H and O–H groups in total. The monoisotopic (exact) mass is 120 g/mol. The van der Waals surface area contributed by atoms with Gasteiger partial charge in [0.25, 0.3) is 0 Å². The zero-order chi connectivity index (χ0) is 6.32. The minimum atomic E-state index is 0.435. The van der Waals surface area contributed by atoms with Gasteiger partial charge >= 0.3 is 0 Å². The van der Waals surface area contributed by atoms with Crippen LogP contribution in [0.4, 0.5) is 0 Å². The van der Waals surface area contributed by atoms with Crippen LogP contribution in [-0.2, 0) is 0 Å². The Kier molecular flexibility index (Phi) is 0.879. The van der Waals surface area contributed by atoms with Gasteiger partial charge < -0.3 is 0 Å². The summed E-state index contributed by atoms with van der Waals surface area (Å²) >= 11 is 0. The molecule has 0 aromatic heterocycles. The summed E-state index contributed by atoms with van der Waals surface area (Å²) in [4.78, 5) is 0. The first-order valence-corrected chi connectivity index (χ1v) is 3.68. The SMILES string of the molecule is C=CC12C=CC(CC1)C2. The van der Waals surface area contributed by atoms with Crippen LogP contribution in [0, 0.1) is 11.3 Å². The van der Waals surface area contributed by atoms with Crippen molar-refractivity contribution < 1.29 is 0 Å². The quantitative estimate of drug-likeness (QED) is 0.466. The molecule has 2 atom stereocenters. The van der Waals surface area contributed by atoms with Crippen LogP contribution >= 0.6 is 0 Å². The maximum Gasteiger partial charge on any atom is 0.00642 e. The van der Waals surface area contributed by atoms with E-state index in [4.69, 9.17) is 0 Å². The maximum atomic E-state index is 3.86. The summed E-state index contributed by atoms with van der Waals surface area (Å²) in [6, 6.07) is 0. The second kappa shape index (κ2) is 1.50. The smallest absolute Gasteiger partial charge is 0.00642 e. The second-order valence-electron chi connectivity index (χ2n) is 3.30. The summed E-state index contributed by atoms with van der Waals surface area (Å²) in [6.45, 7) is 3.86. The third-order valence-corrected chi connectivity index (χ3v) is 2.73. The standard InChI is InChI=1S/C9H12/c1-2-9-5-3-8(7-9)4-6-9/h2-3,5,8H,1,4,6-7H2. The third-order valence-electron chi connectivity index (χ3n) is 2.73. The molecule has 0 heteroatoms. The summed E-state index contributed by atoms with van der Waals surface area (Å²) in [7, 11) is 0. The summed E-state index contributed by atoms with van der Waals surface area (Å²) in [5.74, 6) is 0.892. The van der Waals surface area contributed by atoms with Crippen molar-refractivity contribution in [2.75, 3.05) is 0 Å². The van der Waals surface area contributed by atoms with Crippen LogP contribution in [-0.4, -0.2) is 0 Å². The lowest BCUT2D eigenvalue weighted by Gasteiger charge is -2.16. The van der Waals surface area contributed by atoms with Crippen LogP contribution in [0.1, 0.15) is 19.3 Å². The van der Waals surface area contributed by atoms with E-state index in [1.165, 1.54) is 19.3 Å². The molecular weight excluding hydrogens is 108 g/mol. The van der Waals surface area contributed by atoms with E-state index in [1.807, 2.05) is 0 Å². The topological polar surface area (TPSA) is 0 Å². The van der Waals surface area contributed by atoms with Crippen molar-refractivity contribution in [2.45, 2.75) is 19.3 Å². The van der Waals surface area contributed by atoms with E-state index in [0.29, 0.717) is 5.41 Å². The van der Waals surface area contributed by atoms with Gasteiger partial charge in [0.15, 0.2) is 0 Å². The van der Waals surface area contributed by atoms with E-state index in [2.05, 4.69) is 24.8 Å². The Morgan fingerprint density at radius 3 is 2.78 bits per heavy atom. The summed E-state index contributed by atoms with van der Waals surface area (Å²) in [6.07, 6.45) is 10.9. The zero-order valence-corrected chi connectivity index (χ0v) is 5.64. The highest BCUT2D eigenvalue weighted by Gasteiger charge is 2.37. The molecule has 0 aliphatic heterocycles. The van der Waals surface area contributed by atoms with Gasteiger partial charge in [0, 0.05) is 5.41 Å². The molecule has 1 fully saturated rings. The highest BCUT2D eigenvalue weighted by atomic mass is 14.4. The summed E-state index contributed by atoms with van der Waals surface area (Å²) in [5, 5.41) is 0. The van der Waals surface area contributed by atoms with Crippen molar-refractivity contribution >= 4 is 0 Å². The fraction of sp³-hybridized carbons (Fsp3) is 0.556. The molecule has 0 nitrogen and oxygen atoms in total. The molecule has 48 valence electrons.